The molecule has 0 aliphatic heterocycles. The van der Waals surface area contributed by atoms with Gasteiger partial charge in [-0.1, -0.05) is 11.8 Å². The number of aromatic nitrogens is 2. The van der Waals surface area contributed by atoms with Gasteiger partial charge in [0.15, 0.2) is 5.16 Å². The van der Waals surface area contributed by atoms with E-state index in [1.165, 1.54) is 17.3 Å². The summed E-state index contributed by atoms with van der Waals surface area (Å²) < 4.78 is 0. The van der Waals surface area contributed by atoms with Crippen molar-refractivity contribution >= 4 is 34.7 Å². The van der Waals surface area contributed by atoms with E-state index in [9.17, 15) is 0 Å². The van der Waals surface area contributed by atoms with Gasteiger partial charge in [0.05, 0.1) is 0 Å². The van der Waals surface area contributed by atoms with Crippen LogP contribution in [0.5, 0.6) is 0 Å². The zero-order chi connectivity index (χ0) is 13.0. The van der Waals surface area contributed by atoms with Crippen LogP contribution in [-0.4, -0.2) is 22.3 Å². The lowest BCUT2D eigenvalue weighted by Crippen LogP contribution is -2.19. The van der Waals surface area contributed by atoms with E-state index in [1.54, 1.807) is 17.4 Å². The van der Waals surface area contributed by atoms with Crippen LogP contribution in [0.1, 0.15) is 12.5 Å². The average Bonchev–Trinajstić information content (AvgIpc) is 2.80. The van der Waals surface area contributed by atoms with Crippen LogP contribution in [0.2, 0.25) is 0 Å². The van der Waals surface area contributed by atoms with Crippen LogP contribution in [0.25, 0.3) is 0 Å². The number of nitrogens with zero attached hydrogens (tertiary/aromatic N) is 2. The van der Waals surface area contributed by atoms with Crippen molar-refractivity contribution in [3.63, 3.8) is 0 Å². The number of hydrogen-bond acceptors (Lipinski definition) is 6. The van der Waals surface area contributed by atoms with Crippen LogP contribution < -0.4 is 11.1 Å². The summed E-state index contributed by atoms with van der Waals surface area (Å²) in [7, 11) is 0. The Bertz CT molecular complexity index is 499. The Balaban J connectivity index is 2.02. The maximum atomic E-state index is 5.74. The highest BCUT2D eigenvalue weighted by Gasteiger charge is 2.07. The molecule has 0 aliphatic carbocycles. The maximum Gasteiger partial charge on any atom is 0.191 e. The van der Waals surface area contributed by atoms with E-state index in [0.717, 1.165) is 12.2 Å². The fourth-order valence-corrected chi connectivity index (χ4v) is 2.74. The van der Waals surface area contributed by atoms with Gasteiger partial charge in [-0.05, 0) is 42.0 Å². The molecule has 1 unspecified atom stereocenters. The number of anilines is 2. The van der Waals surface area contributed by atoms with Crippen LogP contribution in [0, 0.1) is 0 Å². The SMILES string of the molecule is CSc1nc(N)cc(NC(C)Cc2ccsc2)n1. The summed E-state index contributed by atoms with van der Waals surface area (Å²) >= 11 is 3.21. The zero-order valence-electron chi connectivity index (χ0n) is 10.4. The Morgan fingerprint density at radius 3 is 3.00 bits per heavy atom. The van der Waals surface area contributed by atoms with Gasteiger partial charge in [-0.15, -0.1) is 0 Å². The number of nitrogens with one attached hydrogen (secondary N) is 1. The minimum absolute atomic E-state index is 0.309. The topological polar surface area (TPSA) is 63.8 Å². The highest BCUT2D eigenvalue weighted by atomic mass is 32.2. The molecule has 0 saturated heterocycles. The van der Waals surface area contributed by atoms with Gasteiger partial charge in [0, 0.05) is 12.1 Å². The Kier molecular flexibility index (Phi) is 4.43. The average molecular weight is 280 g/mol. The van der Waals surface area contributed by atoms with Gasteiger partial charge in [-0.25, -0.2) is 9.97 Å². The summed E-state index contributed by atoms with van der Waals surface area (Å²) in [6.45, 7) is 2.13. The van der Waals surface area contributed by atoms with Crippen LogP contribution >= 0.6 is 23.1 Å². The molecule has 0 aliphatic rings. The summed E-state index contributed by atoms with van der Waals surface area (Å²) in [6, 6.07) is 4.22. The van der Waals surface area contributed by atoms with Crippen molar-refractivity contribution in [3.05, 3.63) is 28.5 Å². The summed E-state index contributed by atoms with van der Waals surface area (Å²) in [5.41, 5.74) is 7.08. The third kappa shape index (κ3) is 3.61. The molecule has 0 amide bonds. The second kappa shape index (κ2) is 6.06. The number of thiophene rings is 1. The van der Waals surface area contributed by atoms with Gasteiger partial charge >= 0.3 is 0 Å². The minimum Gasteiger partial charge on any atom is -0.383 e. The van der Waals surface area contributed by atoms with E-state index in [1.807, 2.05) is 6.26 Å². The van der Waals surface area contributed by atoms with E-state index < -0.39 is 0 Å². The van der Waals surface area contributed by atoms with Crippen molar-refractivity contribution < 1.29 is 0 Å². The predicted octanol–water partition coefficient (Wildman–Crippen LogP) is 2.89. The molecule has 0 bridgehead atoms. The normalized spacial score (nSPS) is 12.3. The number of nitrogen functional groups attached to an aromatic ring is 1. The highest BCUT2D eigenvalue weighted by molar-refractivity contribution is 7.98. The molecule has 2 rings (SSSR count). The number of thioether (sulfide) groups is 1. The van der Waals surface area contributed by atoms with E-state index >= 15 is 0 Å². The lowest BCUT2D eigenvalue weighted by Gasteiger charge is -2.14. The van der Waals surface area contributed by atoms with Crippen LogP contribution in [0.4, 0.5) is 11.6 Å². The Labute approximate surface area is 115 Å². The summed E-state index contributed by atoms with van der Waals surface area (Å²) in [5, 5.41) is 8.31. The first kappa shape index (κ1) is 13.2. The second-order valence-corrected chi connectivity index (χ2v) is 5.60. The molecule has 4 nitrogen and oxygen atoms in total. The van der Waals surface area contributed by atoms with Gasteiger partial charge in [0.25, 0.3) is 0 Å². The molecular formula is C12H16N4S2. The first-order chi connectivity index (χ1) is 8.67. The van der Waals surface area contributed by atoms with Crippen molar-refractivity contribution in [2.45, 2.75) is 24.5 Å². The van der Waals surface area contributed by atoms with Gasteiger partial charge in [-0.2, -0.15) is 11.3 Å². The third-order valence-electron chi connectivity index (χ3n) is 2.42. The van der Waals surface area contributed by atoms with Crippen LogP contribution in [0.3, 0.4) is 0 Å². The third-order valence-corrected chi connectivity index (χ3v) is 3.70. The monoisotopic (exact) mass is 280 g/mol. The van der Waals surface area contributed by atoms with Gasteiger partial charge in [0.1, 0.15) is 11.6 Å². The molecule has 2 aromatic rings. The lowest BCUT2D eigenvalue weighted by atomic mass is 10.1. The number of nitrogens with two attached hydrogens (primary N) is 1. The van der Waals surface area contributed by atoms with Crippen molar-refractivity contribution in [1.82, 2.24) is 9.97 Å². The Morgan fingerprint density at radius 2 is 2.33 bits per heavy atom. The lowest BCUT2D eigenvalue weighted by molar-refractivity contribution is 0.780. The fraction of sp³-hybridized carbons (Fsp3) is 0.333. The molecule has 2 aromatic heterocycles. The van der Waals surface area contributed by atoms with Crippen LogP contribution in [0.15, 0.2) is 28.0 Å². The van der Waals surface area contributed by atoms with E-state index in [0.29, 0.717) is 17.0 Å². The van der Waals surface area contributed by atoms with Gasteiger partial charge in [0.2, 0.25) is 0 Å². The standard InChI is InChI=1S/C12H16N4S2/c1-8(5-9-3-4-18-7-9)14-11-6-10(13)15-12(16-11)17-2/h3-4,6-8H,5H2,1-2H3,(H3,13,14,15,16). The first-order valence-electron chi connectivity index (χ1n) is 5.63. The summed E-state index contributed by atoms with van der Waals surface area (Å²) in [5.74, 6) is 1.29. The maximum absolute atomic E-state index is 5.74. The molecule has 6 heteroatoms. The van der Waals surface area contributed by atoms with Crippen molar-refractivity contribution in [3.8, 4) is 0 Å². The molecule has 2 heterocycles. The van der Waals surface area contributed by atoms with Crippen molar-refractivity contribution in [2.75, 3.05) is 17.3 Å². The highest BCUT2D eigenvalue weighted by Crippen LogP contribution is 2.17. The largest absolute Gasteiger partial charge is 0.383 e. The summed E-state index contributed by atoms with van der Waals surface area (Å²) in [4.78, 5) is 8.51. The van der Waals surface area contributed by atoms with E-state index in [-0.39, 0.29) is 0 Å². The van der Waals surface area contributed by atoms with E-state index in [2.05, 4.69) is 39.0 Å². The molecule has 3 N–H and O–H groups in total. The minimum atomic E-state index is 0.309. The molecule has 0 spiro atoms. The van der Waals surface area contributed by atoms with Gasteiger partial charge < -0.3 is 11.1 Å². The molecular weight excluding hydrogens is 264 g/mol. The Hall–Kier alpha value is -1.27. The zero-order valence-corrected chi connectivity index (χ0v) is 12.0. The molecule has 18 heavy (non-hydrogen) atoms. The van der Waals surface area contributed by atoms with Gasteiger partial charge in [-0.3, -0.25) is 0 Å². The molecule has 0 radical (unpaired) electrons. The first-order valence-corrected chi connectivity index (χ1v) is 7.80. The number of hydrogen-bond donors (Lipinski definition) is 2. The van der Waals surface area contributed by atoms with Crippen LogP contribution in [-0.2, 0) is 6.42 Å². The van der Waals surface area contributed by atoms with Crippen molar-refractivity contribution in [2.24, 2.45) is 0 Å². The summed E-state index contributed by atoms with van der Waals surface area (Å²) in [6.07, 6.45) is 2.91. The van der Waals surface area contributed by atoms with E-state index in [4.69, 9.17) is 5.73 Å². The predicted molar refractivity (Wildman–Crippen MR) is 79.3 cm³/mol. The molecule has 96 valence electrons. The molecule has 0 fully saturated rings. The smallest absolute Gasteiger partial charge is 0.191 e. The molecule has 0 saturated carbocycles. The quantitative estimate of drug-likeness (QED) is 0.651. The fourth-order valence-electron chi connectivity index (χ4n) is 1.67. The van der Waals surface area contributed by atoms with Crippen molar-refractivity contribution in [1.29, 1.82) is 0 Å². The Morgan fingerprint density at radius 1 is 1.50 bits per heavy atom. The number of rotatable bonds is 5. The molecule has 0 aromatic carbocycles. The second-order valence-electron chi connectivity index (χ2n) is 4.05. The molecule has 1 atom stereocenters.